The summed E-state index contributed by atoms with van der Waals surface area (Å²) in [4.78, 5) is 30.1. The molecule has 1 saturated carbocycles. The number of amides is 1. The number of benzene rings is 2. The van der Waals surface area contributed by atoms with Crippen molar-refractivity contribution >= 4 is 44.8 Å². The predicted octanol–water partition coefficient (Wildman–Crippen LogP) is 4.34. The highest BCUT2D eigenvalue weighted by molar-refractivity contribution is 7.91. The minimum Gasteiger partial charge on any atom is -0.480 e. The highest BCUT2D eigenvalue weighted by Crippen LogP contribution is 2.58. The molecule has 3 N–H and O–H groups in total. The molecule has 4 aromatic rings. The third-order valence-electron chi connectivity index (χ3n) is 6.68. The molecule has 1 aliphatic rings. The second-order valence-electron chi connectivity index (χ2n) is 8.96. The third kappa shape index (κ3) is 4.71. The van der Waals surface area contributed by atoms with Crippen LogP contribution in [0.3, 0.4) is 0 Å². The zero-order chi connectivity index (χ0) is 27.0. The Labute approximate surface area is 228 Å². The lowest BCUT2D eigenvalue weighted by Gasteiger charge is -2.24. The summed E-state index contributed by atoms with van der Waals surface area (Å²) < 4.78 is 29.4. The smallest absolute Gasteiger partial charge is 0.325 e. The molecule has 5 rings (SSSR count). The number of pyridine rings is 1. The number of halogens is 1. The van der Waals surface area contributed by atoms with Crippen LogP contribution >= 0.6 is 22.9 Å². The van der Waals surface area contributed by atoms with Crippen LogP contribution in [-0.4, -0.2) is 42.5 Å². The topological polar surface area (TPSA) is 125 Å². The standard InChI is InChI=1S/C27H22ClN3O5S2/c28-20-11-9-18(10-12-20)22-13-14-23(37-22)38(35,36)31-27(25(33)34)16-26(27,19-6-2-1-3-7-19)17-30-24(32)21-8-4-5-15-29-21/h1-15,31H,16-17H2,(H,30,32)(H,33,34)/t26-,27+/m1/s1. The van der Waals surface area contributed by atoms with Crippen LogP contribution in [0.4, 0.5) is 0 Å². The molecule has 8 nitrogen and oxygen atoms in total. The van der Waals surface area contributed by atoms with Gasteiger partial charge in [-0.25, -0.2) is 8.42 Å². The third-order valence-corrected chi connectivity index (χ3v) is 10.1. The van der Waals surface area contributed by atoms with Crippen LogP contribution in [0.1, 0.15) is 22.5 Å². The summed E-state index contributed by atoms with van der Waals surface area (Å²) >= 11 is 6.98. The van der Waals surface area contributed by atoms with Crippen LogP contribution in [0.15, 0.2) is 95.3 Å². The van der Waals surface area contributed by atoms with E-state index in [0.29, 0.717) is 15.5 Å². The van der Waals surface area contributed by atoms with Crippen LogP contribution in [0.2, 0.25) is 5.02 Å². The summed E-state index contributed by atoms with van der Waals surface area (Å²) in [6.45, 7) is -0.109. The summed E-state index contributed by atoms with van der Waals surface area (Å²) in [7, 11) is -4.23. The molecule has 2 aromatic carbocycles. The fourth-order valence-electron chi connectivity index (χ4n) is 4.62. The Balaban J connectivity index is 1.46. The van der Waals surface area contributed by atoms with Gasteiger partial charge in [-0.2, -0.15) is 4.72 Å². The highest BCUT2D eigenvalue weighted by atomic mass is 35.5. The van der Waals surface area contributed by atoms with E-state index in [0.717, 1.165) is 16.9 Å². The second kappa shape index (κ2) is 9.95. The lowest BCUT2D eigenvalue weighted by molar-refractivity contribution is -0.140. The summed E-state index contributed by atoms with van der Waals surface area (Å²) in [6, 6.07) is 23.7. The molecule has 1 amide bonds. The van der Waals surface area contributed by atoms with Crippen molar-refractivity contribution in [2.45, 2.75) is 21.6 Å². The minimum absolute atomic E-state index is 0.0190. The second-order valence-corrected chi connectivity index (χ2v) is 12.4. The number of aliphatic carboxylic acids is 1. The van der Waals surface area contributed by atoms with Crippen molar-refractivity contribution in [1.29, 1.82) is 0 Å². The zero-order valence-electron chi connectivity index (χ0n) is 19.8. The Hall–Kier alpha value is -3.57. The maximum atomic E-state index is 13.5. The van der Waals surface area contributed by atoms with E-state index >= 15 is 0 Å². The maximum Gasteiger partial charge on any atom is 0.325 e. The quantitative estimate of drug-likeness (QED) is 0.276. The number of thiophene rings is 1. The molecule has 2 atom stereocenters. The zero-order valence-corrected chi connectivity index (χ0v) is 22.2. The van der Waals surface area contributed by atoms with E-state index in [9.17, 15) is 23.1 Å². The molecule has 2 aromatic heterocycles. The Morgan fingerprint density at radius 3 is 2.34 bits per heavy atom. The van der Waals surface area contributed by atoms with Gasteiger partial charge in [-0.15, -0.1) is 11.3 Å². The molecule has 1 fully saturated rings. The maximum absolute atomic E-state index is 13.5. The van der Waals surface area contributed by atoms with Gasteiger partial charge in [0.2, 0.25) is 0 Å². The SMILES string of the molecule is O=C(NC[C@@]1(c2ccccc2)C[C@]1(NS(=O)(=O)c1ccc(-c2ccc(Cl)cc2)s1)C(=O)O)c1ccccn1. The number of hydrogen-bond acceptors (Lipinski definition) is 6. The Bertz CT molecular complexity index is 1590. The van der Waals surface area contributed by atoms with Gasteiger partial charge in [-0.3, -0.25) is 14.6 Å². The van der Waals surface area contributed by atoms with Crippen LogP contribution in [0, 0.1) is 0 Å². The number of rotatable bonds is 9. The van der Waals surface area contributed by atoms with E-state index in [-0.39, 0.29) is 22.9 Å². The number of carboxylic acid groups (broad SMARTS) is 1. The van der Waals surface area contributed by atoms with Crippen molar-refractivity contribution in [3.8, 4) is 10.4 Å². The molecule has 2 heterocycles. The van der Waals surface area contributed by atoms with Crippen molar-refractivity contribution in [2.75, 3.05) is 6.54 Å². The molecule has 0 radical (unpaired) electrons. The van der Waals surface area contributed by atoms with Gasteiger partial charge in [-0.05, 0) is 53.9 Å². The molecule has 11 heteroatoms. The van der Waals surface area contributed by atoms with Crippen molar-refractivity contribution < 1.29 is 23.1 Å². The van der Waals surface area contributed by atoms with E-state index in [1.165, 1.54) is 12.3 Å². The summed E-state index contributed by atoms with van der Waals surface area (Å²) in [5, 5.41) is 13.7. The van der Waals surface area contributed by atoms with E-state index in [1.807, 2.05) is 0 Å². The average Bonchev–Trinajstić information content (AvgIpc) is 3.29. The van der Waals surface area contributed by atoms with E-state index in [2.05, 4.69) is 15.0 Å². The van der Waals surface area contributed by atoms with Crippen LogP contribution in [-0.2, 0) is 20.2 Å². The molecule has 0 unspecified atom stereocenters. The minimum atomic E-state index is -4.23. The lowest BCUT2D eigenvalue weighted by atomic mass is 9.90. The molecule has 194 valence electrons. The lowest BCUT2D eigenvalue weighted by Crippen LogP contribution is -2.51. The summed E-state index contributed by atoms with van der Waals surface area (Å²) in [6.07, 6.45) is 1.44. The largest absolute Gasteiger partial charge is 0.480 e. The number of nitrogens with one attached hydrogen (secondary N) is 2. The van der Waals surface area contributed by atoms with Gasteiger partial charge in [0, 0.05) is 28.1 Å². The van der Waals surface area contributed by atoms with Gasteiger partial charge in [0.05, 0.1) is 0 Å². The molecule has 1 aliphatic carbocycles. The summed E-state index contributed by atoms with van der Waals surface area (Å²) in [5.74, 6) is -1.81. The molecule has 0 spiro atoms. The van der Waals surface area contributed by atoms with Crippen molar-refractivity contribution in [3.05, 3.63) is 107 Å². The van der Waals surface area contributed by atoms with Gasteiger partial charge in [0.25, 0.3) is 15.9 Å². The number of carbonyl (C=O) groups is 2. The number of hydrogen-bond donors (Lipinski definition) is 3. The van der Waals surface area contributed by atoms with Gasteiger partial charge >= 0.3 is 5.97 Å². The molecule has 0 bridgehead atoms. The van der Waals surface area contributed by atoms with Crippen LogP contribution < -0.4 is 10.0 Å². The Kier molecular flexibility index (Phi) is 6.83. The number of carboxylic acids is 1. The van der Waals surface area contributed by atoms with Crippen molar-refractivity contribution in [1.82, 2.24) is 15.0 Å². The van der Waals surface area contributed by atoms with Gasteiger partial charge in [-0.1, -0.05) is 60.1 Å². The Morgan fingerprint density at radius 2 is 1.68 bits per heavy atom. The first-order chi connectivity index (χ1) is 18.2. The van der Waals surface area contributed by atoms with Gasteiger partial charge in [0.1, 0.15) is 15.4 Å². The van der Waals surface area contributed by atoms with Crippen LogP contribution in [0.25, 0.3) is 10.4 Å². The Morgan fingerprint density at radius 1 is 0.974 bits per heavy atom. The van der Waals surface area contributed by atoms with E-state index < -0.39 is 32.9 Å². The molecular formula is C27H22ClN3O5S2. The average molecular weight is 568 g/mol. The fraction of sp³-hybridized carbons (Fsp3) is 0.148. The van der Waals surface area contributed by atoms with E-state index in [1.54, 1.807) is 78.9 Å². The fourth-order valence-corrected chi connectivity index (χ4v) is 7.48. The molecular weight excluding hydrogens is 546 g/mol. The molecule has 38 heavy (non-hydrogen) atoms. The van der Waals surface area contributed by atoms with E-state index in [4.69, 9.17) is 11.6 Å². The number of nitrogens with zero attached hydrogens (tertiary/aromatic N) is 1. The normalized spacial score (nSPS) is 20.6. The number of aromatic nitrogens is 1. The van der Waals surface area contributed by atoms with Gasteiger partial charge in [0.15, 0.2) is 0 Å². The highest BCUT2D eigenvalue weighted by Gasteiger charge is 2.74. The molecule has 0 aliphatic heterocycles. The van der Waals surface area contributed by atoms with Crippen LogP contribution in [0.5, 0.6) is 0 Å². The monoisotopic (exact) mass is 567 g/mol. The first-order valence-corrected chi connectivity index (χ1v) is 14.2. The number of sulfonamides is 1. The number of carbonyl (C=O) groups excluding carboxylic acids is 1. The molecule has 0 saturated heterocycles. The van der Waals surface area contributed by atoms with Gasteiger partial charge < -0.3 is 10.4 Å². The van der Waals surface area contributed by atoms with Crippen molar-refractivity contribution in [2.24, 2.45) is 0 Å². The first kappa shape index (κ1) is 26.1. The first-order valence-electron chi connectivity index (χ1n) is 11.5. The predicted molar refractivity (Wildman–Crippen MR) is 145 cm³/mol. The van der Waals surface area contributed by atoms with Crippen molar-refractivity contribution in [3.63, 3.8) is 0 Å². The summed E-state index contributed by atoms with van der Waals surface area (Å²) in [5.41, 5.74) is -1.52.